The number of halogens is 2. The maximum Gasteiger partial charge on any atom is 0.330 e. The highest BCUT2D eigenvalue weighted by molar-refractivity contribution is 6.28. The van der Waals surface area contributed by atoms with E-state index in [0.717, 1.165) is 0 Å². The second-order valence-corrected chi connectivity index (χ2v) is 2.52. The van der Waals surface area contributed by atoms with Crippen molar-refractivity contribution in [2.24, 2.45) is 5.73 Å². The molecule has 0 saturated carbocycles. The van der Waals surface area contributed by atoms with Gasteiger partial charge in [-0.3, -0.25) is 0 Å². The lowest BCUT2D eigenvalue weighted by molar-refractivity contribution is -0.142. The van der Waals surface area contributed by atoms with Gasteiger partial charge in [0, 0.05) is 0 Å². The van der Waals surface area contributed by atoms with E-state index in [0.29, 0.717) is 5.76 Å². The summed E-state index contributed by atoms with van der Waals surface area (Å²) in [7, 11) is 1.26. The number of furan rings is 1. The van der Waals surface area contributed by atoms with Crippen LogP contribution in [0.4, 0.5) is 0 Å². The summed E-state index contributed by atoms with van der Waals surface area (Å²) in [6, 6.07) is 2.14. The molecule has 0 bridgehead atoms. The van der Waals surface area contributed by atoms with Crippen LogP contribution in [-0.2, 0) is 9.53 Å². The zero-order valence-electron chi connectivity index (χ0n) is 6.82. The predicted octanol–water partition coefficient (Wildman–Crippen LogP) is 1.53. The van der Waals surface area contributed by atoms with E-state index in [4.69, 9.17) is 21.8 Å². The smallest absolute Gasteiger partial charge is 0.330 e. The third kappa shape index (κ3) is 2.91. The summed E-state index contributed by atoms with van der Waals surface area (Å²) < 4.78 is 9.32. The first-order valence-corrected chi connectivity index (χ1v) is 3.61. The van der Waals surface area contributed by atoms with E-state index in [2.05, 4.69) is 4.74 Å². The zero-order valence-corrected chi connectivity index (χ0v) is 8.39. The third-order valence-corrected chi connectivity index (χ3v) is 1.56. The molecule has 1 atom stereocenters. The summed E-state index contributed by atoms with van der Waals surface area (Å²) in [5, 5.41) is 0.198. The maximum absolute atomic E-state index is 10.9. The molecular weight excluding hydrogens is 217 g/mol. The molecule has 0 fully saturated rings. The minimum absolute atomic E-state index is 0. The van der Waals surface area contributed by atoms with Gasteiger partial charge in [0.1, 0.15) is 5.76 Å². The van der Waals surface area contributed by atoms with Crippen LogP contribution in [0.5, 0.6) is 0 Å². The van der Waals surface area contributed by atoms with Crippen molar-refractivity contribution in [1.29, 1.82) is 0 Å². The second kappa shape index (κ2) is 5.11. The molecule has 0 spiro atoms. The van der Waals surface area contributed by atoms with E-state index in [1.807, 2.05) is 0 Å². The Balaban J connectivity index is 0.00000144. The molecule has 6 heteroatoms. The van der Waals surface area contributed by atoms with E-state index in [1.54, 1.807) is 0 Å². The van der Waals surface area contributed by atoms with Crippen LogP contribution in [0.3, 0.4) is 0 Å². The number of hydrogen-bond donors (Lipinski definition) is 1. The second-order valence-electron chi connectivity index (χ2n) is 2.14. The van der Waals surface area contributed by atoms with E-state index in [-0.39, 0.29) is 17.6 Å². The molecule has 2 N–H and O–H groups in total. The van der Waals surface area contributed by atoms with Gasteiger partial charge in [-0.05, 0) is 23.7 Å². The van der Waals surface area contributed by atoms with Crippen LogP contribution in [0.2, 0.25) is 5.22 Å². The molecule has 1 aromatic rings. The SMILES string of the molecule is COC(=O)[C@@H](N)c1ccc(Cl)o1.Cl. The molecule has 13 heavy (non-hydrogen) atoms. The van der Waals surface area contributed by atoms with Crippen LogP contribution in [0, 0.1) is 0 Å². The Morgan fingerprint density at radius 3 is 2.69 bits per heavy atom. The molecule has 0 saturated heterocycles. The maximum atomic E-state index is 10.9. The van der Waals surface area contributed by atoms with Crippen LogP contribution in [-0.4, -0.2) is 13.1 Å². The van der Waals surface area contributed by atoms with Crippen LogP contribution in [0.25, 0.3) is 0 Å². The topological polar surface area (TPSA) is 65.5 Å². The number of nitrogens with two attached hydrogens (primary N) is 1. The first-order chi connectivity index (χ1) is 5.65. The third-order valence-electron chi connectivity index (χ3n) is 1.36. The molecule has 0 aliphatic heterocycles. The molecule has 1 heterocycles. The van der Waals surface area contributed by atoms with Crippen molar-refractivity contribution in [1.82, 2.24) is 0 Å². The average Bonchev–Trinajstić information content (AvgIpc) is 2.49. The fourth-order valence-electron chi connectivity index (χ4n) is 0.739. The van der Waals surface area contributed by atoms with Crippen LogP contribution in [0.1, 0.15) is 11.8 Å². The molecule has 1 aromatic heterocycles. The van der Waals surface area contributed by atoms with Crippen molar-refractivity contribution < 1.29 is 13.9 Å². The van der Waals surface area contributed by atoms with Crippen LogP contribution >= 0.6 is 24.0 Å². The fourth-order valence-corrected chi connectivity index (χ4v) is 0.891. The van der Waals surface area contributed by atoms with Crippen molar-refractivity contribution in [3.8, 4) is 0 Å². The Kier molecular flexibility index (Phi) is 4.83. The van der Waals surface area contributed by atoms with Crippen molar-refractivity contribution in [2.75, 3.05) is 7.11 Å². The predicted molar refractivity (Wildman–Crippen MR) is 49.9 cm³/mol. The van der Waals surface area contributed by atoms with Gasteiger partial charge in [-0.1, -0.05) is 0 Å². The first kappa shape index (κ1) is 12.3. The van der Waals surface area contributed by atoms with Gasteiger partial charge in [-0.25, -0.2) is 4.79 Å². The highest BCUT2D eigenvalue weighted by Crippen LogP contribution is 2.18. The number of carbonyl (C=O) groups is 1. The minimum Gasteiger partial charge on any atom is -0.468 e. The zero-order chi connectivity index (χ0) is 9.14. The number of hydrogen-bond acceptors (Lipinski definition) is 4. The molecule has 0 aromatic carbocycles. The summed E-state index contributed by atoms with van der Waals surface area (Å²) >= 11 is 5.48. The Morgan fingerprint density at radius 2 is 2.31 bits per heavy atom. The molecule has 0 aliphatic carbocycles. The van der Waals surface area contributed by atoms with Crippen molar-refractivity contribution in [3.05, 3.63) is 23.1 Å². The summed E-state index contributed by atoms with van der Waals surface area (Å²) in [6.45, 7) is 0. The standard InChI is InChI=1S/C7H8ClNO3.ClH/c1-11-7(10)6(9)4-2-3-5(8)12-4;/h2-3,6H,9H2,1H3;1H/t6-;/m0./s1. The van der Waals surface area contributed by atoms with Gasteiger partial charge in [-0.15, -0.1) is 12.4 Å². The molecule has 4 nitrogen and oxygen atoms in total. The van der Waals surface area contributed by atoms with Crippen molar-refractivity contribution >= 4 is 30.0 Å². The molecular formula is C7H9Cl2NO3. The Morgan fingerprint density at radius 1 is 1.69 bits per heavy atom. The fraction of sp³-hybridized carbons (Fsp3) is 0.286. The van der Waals surface area contributed by atoms with E-state index in [9.17, 15) is 4.79 Å². The summed E-state index contributed by atoms with van der Waals surface area (Å²) in [6.07, 6.45) is 0. The molecule has 1 rings (SSSR count). The molecule has 0 amide bonds. The Bertz CT molecular complexity index is 287. The number of methoxy groups -OCH3 is 1. The van der Waals surface area contributed by atoms with Gasteiger partial charge in [-0.2, -0.15) is 0 Å². The Hall–Kier alpha value is -0.710. The van der Waals surface area contributed by atoms with Gasteiger partial charge in [0.05, 0.1) is 7.11 Å². The van der Waals surface area contributed by atoms with Crippen molar-refractivity contribution in [3.63, 3.8) is 0 Å². The highest BCUT2D eigenvalue weighted by atomic mass is 35.5. The minimum atomic E-state index is -0.900. The number of rotatable bonds is 2. The van der Waals surface area contributed by atoms with Gasteiger partial charge in [0.25, 0.3) is 0 Å². The quantitative estimate of drug-likeness (QED) is 0.776. The average molecular weight is 226 g/mol. The normalized spacial score (nSPS) is 11.6. The highest BCUT2D eigenvalue weighted by Gasteiger charge is 2.19. The largest absolute Gasteiger partial charge is 0.468 e. The van der Waals surface area contributed by atoms with Gasteiger partial charge < -0.3 is 14.9 Å². The van der Waals surface area contributed by atoms with Crippen molar-refractivity contribution in [2.45, 2.75) is 6.04 Å². The molecule has 74 valence electrons. The van der Waals surface area contributed by atoms with E-state index in [1.165, 1.54) is 19.2 Å². The van der Waals surface area contributed by atoms with E-state index >= 15 is 0 Å². The lowest BCUT2D eigenvalue weighted by Gasteiger charge is -2.04. The van der Waals surface area contributed by atoms with Gasteiger partial charge >= 0.3 is 5.97 Å². The Labute approximate surface area is 86.4 Å². The van der Waals surface area contributed by atoms with E-state index < -0.39 is 12.0 Å². The molecule has 0 radical (unpaired) electrons. The lowest BCUT2D eigenvalue weighted by atomic mass is 10.2. The number of ether oxygens (including phenoxy) is 1. The van der Waals surface area contributed by atoms with Crippen LogP contribution < -0.4 is 5.73 Å². The lowest BCUT2D eigenvalue weighted by Crippen LogP contribution is -2.21. The summed E-state index contributed by atoms with van der Waals surface area (Å²) in [5.41, 5.74) is 5.44. The van der Waals surface area contributed by atoms with Gasteiger partial charge in [0.15, 0.2) is 11.3 Å². The van der Waals surface area contributed by atoms with Crippen LogP contribution in [0.15, 0.2) is 16.5 Å². The summed E-state index contributed by atoms with van der Waals surface area (Å²) in [5.74, 6) is -0.257. The molecule has 0 aliphatic rings. The monoisotopic (exact) mass is 225 g/mol. The number of carbonyl (C=O) groups excluding carboxylic acids is 1. The van der Waals surface area contributed by atoms with Gasteiger partial charge in [0.2, 0.25) is 0 Å². The molecule has 0 unspecified atom stereocenters. The summed E-state index contributed by atoms with van der Waals surface area (Å²) in [4.78, 5) is 10.9. The first-order valence-electron chi connectivity index (χ1n) is 3.24. The number of esters is 1.